The van der Waals surface area contributed by atoms with Gasteiger partial charge in [-0.05, 0) is 43.0 Å². The average molecular weight is 409 g/mol. The summed E-state index contributed by atoms with van der Waals surface area (Å²) in [5.74, 6) is 0.106. The second-order valence-electron chi connectivity index (χ2n) is 6.74. The SMILES string of the molecule is COc1ccc(Cl)cc1C[NH+](C)CC(=O)Nc1sc2c(c1C(N)=O)CCC2. The topological polar surface area (TPSA) is 85.9 Å². The zero-order valence-corrected chi connectivity index (χ0v) is 16.9. The molecule has 2 amide bonds. The van der Waals surface area contributed by atoms with Crippen molar-refractivity contribution in [3.05, 3.63) is 44.8 Å². The number of benzene rings is 1. The first-order valence-corrected chi connectivity index (χ1v) is 9.96. The monoisotopic (exact) mass is 408 g/mol. The second kappa shape index (κ2) is 8.29. The molecule has 0 spiro atoms. The molecule has 1 unspecified atom stereocenters. The summed E-state index contributed by atoms with van der Waals surface area (Å²) in [6.07, 6.45) is 2.82. The molecule has 2 aromatic rings. The molecule has 1 aliphatic carbocycles. The summed E-state index contributed by atoms with van der Waals surface area (Å²) >= 11 is 7.53. The van der Waals surface area contributed by atoms with E-state index in [-0.39, 0.29) is 12.5 Å². The van der Waals surface area contributed by atoms with Gasteiger partial charge in [0.05, 0.1) is 19.7 Å². The van der Waals surface area contributed by atoms with Crippen LogP contribution in [0.1, 0.15) is 32.8 Å². The van der Waals surface area contributed by atoms with Crippen molar-refractivity contribution in [1.29, 1.82) is 0 Å². The smallest absolute Gasteiger partial charge is 0.280 e. The molecule has 1 atom stereocenters. The van der Waals surface area contributed by atoms with E-state index in [1.165, 1.54) is 11.3 Å². The Morgan fingerprint density at radius 2 is 2.15 bits per heavy atom. The van der Waals surface area contributed by atoms with Crippen molar-refractivity contribution in [3.63, 3.8) is 0 Å². The number of amides is 2. The van der Waals surface area contributed by atoms with Gasteiger partial charge in [-0.25, -0.2) is 0 Å². The molecule has 0 saturated carbocycles. The van der Waals surface area contributed by atoms with Crippen molar-refractivity contribution < 1.29 is 19.2 Å². The predicted octanol–water partition coefficient (Wildman–Crippen LogP) is 1.65. The van der Waals surface area contributed by atoms with Crippen LogP contribution in [0.15, 0.2) is 18.2 Å². The van der Waals surface area contributed by atoms with Gasteiger partial charge >= 0.3 is 0 Å². The molecule has 1 aromatic carbocycles. The van der Waals surface area contributed by atoms with Crippen LogP contribution in [0.3, 0.4) is 0 Å². The van der Waals surface area contributed by atoms with E-state index < -0.39 is 5.91 Å². The highest BCUT2D eigenvalue weighted by Gasteiger charge is 2.26. The first-order valence-electron chi connectivity index (χ1n) is 8.77. The van der Waals surface area contributed by atoms with Gasteiger partial charge in [0.15, 0.2) is 6.54 Å². The molecule has 0 bridgehead atoms. The maximum Gasteiger partial charge on any atom is 0.280 e. The van der Waals surface area contributed by atoms with Gasteiger partial charge < -0.3 is 20.7 Å². The van der Waals surface area contributed by atoms with Crippen LogP contribution in [0.5, 0.6) is 5.75 Å². The summed E-state index contributed by atoms with van der Waals surface area (Å²) in [7, 11) is 3.53. The number of likely N-dealkylation sites (N-methyl/N-ethyl adjacent to an activating group) is 1. The van der Waals surface area contributed by atoms with Gasteiger partial charge in [-0.15, -0.1) is 11.3 Å². The van der Waals surface area contributed by atoms with Crippen molar-refractivity contribution in [1.82, 2.24) is 0 Å². The van der Waals surface area contributed by atoms with Crippen molar-refractivity contribution >= 4 is 39.8 Å². The summed E-state index contributed by atoms with van der Waals surface area (Å²) in [5.41, 5.74) is 7.96. The lowest BCUT2D eigenvalue weighted by Gasteiger charge is -2.16. The Balaban J connectivity index is 1.66. The molecule has 27 heavy (non-hydrogen) atoms. The highest BCUT2D eigenvalue weighted by atomic mass is 35.5. The molecule has 8 heteroatoms. The van der Waals surface area contributed by atoms with Gasteiger partial charge in [0.2, 0.25) is 0 Å². The molecule has 0 saturated heterocycles. The molecule has 0 aliphatic heterocycles. The molecular formula is C19H23ClN3O3S+. The Morgan fingerprint density at radius 3 is 2.85 bits per heavy atom. The number of halogens is 1. The molecular weight excluding hydrogens is 386 g/mol. The van der Waals surface area contributed by atoms with Crippen LogP contribution in [0.4, 0.5) is 5.00 Å². The maximum atomic E-state index is 12.5. The number of hydrogen-bond donors (Lipinski definition) is 3. The predicted molar refractivity (Wildman–Crippen MR) is 107 cm³/mol. The molecule has 3 rings (SSSR count). The first-order chi connectivity index (χ1) is 12.9. The number of aryl methyl sites for hydroxylation is 1. The van der Waals surface area contributed by atoms with Crippen LogP contribution >= 0.6 is 22.9 Å². The molecule has 6 nitrogen and oxygen atoms in total. The molecule has 144 valence electrons. The van der Waals surface area contributed by atoms with Crippen molar-refractivity contribution in [2.75, 3.05) is 26.0 Å². The van der Waals surface area contributed by atoms with Crippen molar-refractivity contribution in [3.8, 4) is 5.75 Å². The van der Waals surface area contributed by atoms with E-state index >= 15 is 0 Å². The van der Waals surface area contributed by atoms with Gasteiger partial charge in [0, 0.05) is 15.5 Å². The lowest BCUT2D eigenvalue weighted by Crippen LogP contribution is -3.08. The Labute approximate surface area is 167 Å². The minimum Gasteiger partial charge on any atom is -0.496 e. The number of primary amides is 1. The van der Waals surface area contributed by atoms with Crippen molar-refractivity contribution in [2.45, 2.75) is 25.8 Å². The van der Waals surface area contributed by atoms with Gasteiger partial charge in [0.25, 0.3) is 11.8 Å². The molecule has 1 aliphatic rings. The second-order valence-corrected chi connectivity index (χ2v) is 8.28. The summed E-state index contributed by atoms with van der Waals surface area (Å²) < 4.78 is 5.36. The summed E-state index contributed by atoms with van der Waals surface area (Å²) in [5, 5.41) is 4.08. The number of methoxy groups -OCH3 is 1. The van der Waals surface area contributed by atoms with Crippen LogP contribution in [0.25, 0.3) is 0 Å². The van der Waals surface area contributed by atoms with Crippen LogP contribution in [0.2, 0.25) is 5.02 Å². The number of carbonyl (C=O) groups is 2. The standard InChI is InChI=1S/C19H22ClN3O3S/c1-23(9-11-8-12(20)6-7-14(11)26-2)10-16(24)22-19-17(18(21)25)13-4-3-5-15(13)27-19/h6-8H,3-5,9-10H2,1-2H3,(H2,21,25)(H,22,24)/p+1. The fraction of sp³-hybridized carbons (Fsp3) is 0.368. The fourth-order valence-electron chi connectivity index (χ4n) is 3.47. The Morgan fingerprint density at radius 1 is 1.37 bits per heavy atom. The normalized spacial score (nSPS) is 13.9. The first kappa shape index (κ1) is 19.7. The largest absolute Gasteiger partial charge is 0.496 e. The molecule has 0 fully saturated rings. The van der Waals surface area contributed by atoms with Gasteiger partial charge in [-0.1, -0.05) is 11.6 Å². The van der Waals surface area contributed by atoms with Gasteiger partial charge in [-0.3, -0.25) is 9.59 Å². The minimum absolute atomic E-state index is 0.157. The Hall–Kier alpha value is -2.09. The number of anilines is 1. The fourth-order valence-corrected chi connectivity index (χ4v) is 4.98. The number of nitrogens with one attached hydrogen (secondary N) is 2. The lowest BCUT2D eigenvalue weighted by atomic mass is 10.1. The van der Waals surface area contributed by atoms with E-state index in [4.69, 9.17) is 22.1 Å². The molecule has 0 radical (unpaired) electrons. The molecule has 4 N–H and O–H groups in total. The van der Waals surface area contributed by atoms with Gasteiger partial charge in [-0.2, -0.15) is 0 Å². The van der Waals surface area contributed by atoms with E-state index in [9.17, 15) is 9.59 Å². The quantitative estimate of drug-likeness (QED) is 0.651. The number of rotatable bonds is 7. The third-order valence-electron chi connectivity index (χ3n) is 4.62. The van der Waals surface area contributed by atoms with Crippen LogP contribution < -0.4 is 20.7 Å². The molecule has 1 heterocycles. The van der Waals surface area contributed by atoms with Crippen LogP contribution in [-0.4, -0.2) is 32.5 Å². The average Bonchev–Trinajstić information content (AvgIpc) is 3.14. The number of fused-ring (bicyclic) bond motifs is 1. The van der Waals surface area contributed by atoms with E-state index in [0.717, 1.165) is 45.9 Å². The number of nitrogens with two attached hydrogens (primary N) is 1. The third kappa shape index (κ3) is 4.43. The summed E-state index contributed by atoms with van der Waals surface area (Å²) in [6, 6.07) is 5.43. The Kier molecular flexibility index (Phi) is 6.04. The zero-order chi connectivity index (χ0) is 19.6. The number of quaternary nitrogens is 1. The van der Waals surface area contributed by atoms with E-state index in [1.54, 1.807) is 13.2 Å². The number of ether oxygens (including phenoxy) is 1. The summed E-state index contributed by atoms with van der Waals surface area (Å²) in [6.45, 7) is 0.831. The number of hydrogen-bond acceptors (Lipinski definition) is 4. The van der Waals surface area contributed by atoms with Crippen LogP contribution in [0, 0.1) is 0 Å². The van der Waals surface area contributed by atoms with E-state index in [2.05, 4.69) is 5.32 Å². The van der Waals surface area contributed by atoms with E-state index in [0.29, 0.717) is 22.1 Å². The highest BCUT2D eigenvalue weighted by Crippen LogP contribution is 2.38. The maximum absolute atomic E-state index is 12.5. The number of thiophene rings is 1. The minimum atomic E-state index is -0.478. The van der Waals surface area contributed by atoms with Crippen molar-refractivity contribution in [2.24, 2.45) is 5.73 Å². The third-order valence-corrected chi connectivity index (χ3v) is 6.06. The lowest BCUT2D eigenvalue weighted by molar-refractivity contribution is -0.885. The van der Waals surface area contributed by atoms with Gasteiger partial charge in [0.1, 0.15) is 17.3 Å². The number of carbonyl (C=O) groups excluding carboxylic acids is 2. The summed E-state index contributed by atoms with van der Waals surface area (Å²) in [4.78, 5) is 26.5. The van der Waals surface area contributed by atoms with Crippen LogP contribution in [-0.2, 0) is 24.2 Å². The van der Waals surface area contributed by atoms with E-state index in [1.807, 2.05) is 19.2 Å². The zero-order valence-electron chi connectivity index (χ0n) is 15.4. The highest BCUT2D eigenvalue weighted by molar-refractivity contribution is 7.17. The molecule has 1 aromatic heterocycles. The Bertz CT molecular complexity index is 881.